The van der Waals surface area contributed by atoms with Crippen LogP contribution < -0.4 is 0 Å². The van der Waals surface area contributed by atoms with Gasteiger partial charge in [-0.15, -0.1) is 23.2 Å². The van der Waals surface area contributed by atoms with Gasteiger partial charge in [-0.2, -0.15) is 0 Å². The summed E-state index contributed by atoms with van der Waals surface area (Å²) in [6.07, 6.45) is 0. The van der Waals surface area contributed by atoms with E-state index in [1.54, 1.807) is 6.92 Å². The molecule has 0 fully saturated rings. The van der Waals surface area contributed by atoms with Gasteiger partial charge in [0.15, 0.2) is 6.54 Å². The van der Waals surface area contributed by atoms with Crippen molar-refractivity contribution in [2.45, 2.75) is 6.92 Å². The van der Waals surface area contributed by atoms with E-state index in [4.69, 9.17) is 27.9 Å². The summed E-state index contributed by atoms with van der Waals surface area (Å²) in [7, 11) is 1.96. The van der Waals surface area contributed by atoms with Crippen LogP contribution in [0.25, 0.3) is 0 Å². The summed E-state index contributed by atoms with van der Waals surface area (Å²) in [4.78, 5) is 11.3. The van der Waals surface area contributed by atoms with Gasteiger partial charge in [-0.25, -0.2) is 4.79 Å². The fraction of sp³-hybridized carbons (Fsp3) is 0.889. The van der Waals surface area contributed by atoms with E-state index < -0.39 is 0 Å². The lowest BCUT2D eigenvalue weighted by Crippen LogP contribution is -2.50. The van der Waals surface area contributed by atoms with Crippen molar-refractivity contribution in [2.75, 3.05) is 45.0 Å². The average molecular weight is 243 g/mol. The van der Waals surface area contributed by atoms with Crippen molar-refractivity contribution in [2.24, 2.45) is 0 Å². The van der Waals surface area contributed by atoms with Gasteiger partial charge in [0.2, 0.25) is 0 Å². The third-order valence-corrected chi connectivity index (χ3v) is 2.40. The van der Waals surface area contributed by atoms with E-state index in [-0.39, 0.29) is 5.97 Å². The minimum absolute atomic E-state index is 0.190. The molecule has 0 aromatic heterocycles. The number of carbonyl (C=O) groups excluding carboxylic acids is 1. The molecule has 3 nitrogen and oxygen atoms in total. The molecule has 84 valence electrons. The molecule has 0 aliphatic heterocycles. The summed E-state index contributed by atoms with van der Waals surface area (Å²) in [6, 6.07) is 0. The molecule has 5 heteroatoms. The van der Waals surface area contributed by atoms with Crippen LogP contribution in [0.15, 0.2) is 0 Å². The second kappa shape index (κ2) is 7.32. The molecule has 0 saturated heterocycles. The highest BCUT2D eigenvalue weighted by Gasteiger charge is 2.24. The van der Waals surface area contributed by atoms with Crippen molar-refractivity contribution < 1.29 is 14.0 Å². The summed E-state index contributed by atoms with van der Waals surface area (Å²) in [5, 5.41) is 0. The van der Waals surface area contributed by atoms with Gasteiger partial charge >= 0.3 is 5.97 Å². The molecule has 0 N–H and O–H groups in total. The van der Waals surface area contributed by atoms with Gasteiger partial charge < -0.3 is 9.22 Å². The first-order valence-electron chi connectivity index (χ1n) is 4.69. The molecule has 0 rings (SSSR count). The molecule has 0 amide bonds. The molecule has 0 aromatic carbocycles. The Balaban J connectivity index is 4.12. The highest BCUT2D eigenvalue weighted by Crippen LogP contribution is 2.04. The Morgan fingerprint density at radius 2 is 1.79 bits per heavy atom. The van der Waals surface area contributed by atoms with E-state index in [1.807, 2.05) is 7.05 Å². The number of hydrogen-bond donors (Lipinski definition) is 0. The third-order valence-electron chi connectivity index (χ3n) is 2.06. The molecule has 0 spiro atoms. The van der Waals surface area contributed by atoms with Gasteiger partial charge in [0.1, 0.15) is 0 Å². The Morgan fingerprint density at radius 1 is 1.29 bits per heavy atom. The number of esters is 1. The quantitative estimate of drug-likeness (QED) is 0.384. The lowest BCUT2D eigenvalue weighted by Gasteiger charge is -2.32. The van der Waals surface area contributed by atoms with E-state index in [0.29, 0.717) is 29.4 Å². The van der Waals surface area contributed by atoms with Crippen LogP contribution >= 0.6 is 23.2 Å². The van der Waals surface area contributed by atoms with Crippen molar-refractivity contribution in [3.63, 3.8) is 0 Å². The summed E-state index contributed by atoms with van der Waals surface area (Å²) >= 11 is 11.3. The number of ether oxygens (including phenoxy) is 1. The van der Waals surface area contributed by atoms with Gasteiger partial charge in [-0.3, -0.25) is 0 Å². The SMILES string of the molecule is CCOC(=O)C[N+](C)(CCCl)CCCl. The third kappa shape index (κ3) is 5.68. The molecular formula is C9H18Cl2NO2+. The van der Waals surface area contributed by atoms with Crippen molar-refractivity contribution in [3.05, 3.63) is 0 Å². The minimum atomic E-state index is -0.190. The van der Waals surface area contributed by atoms with E-state index in [2.05, 4.69) is 0 Å². The Morgan fingerprint density at radius 3 is 2.14 bits per heavy atom. The van der Waals surface area contributed by atoms with Crippen molar-refractivity contribution in [1.29, 1.82) is 0 Å². The van der Waals surface area contributed by atoms with Gasteiger partial charge in [-0.1, -0.05) is 0 Å². The molecule has 0 bridgehead atoms. The maximum Gasteiger partial charge on any atom is 0.361 e. The monoisotopic (exact) mass is 242 g/mol. The van der Waals surface area contributed by atoms with Gasteiger partial charge in [0, 0.05) is 0 Å². The molecule has 14 heavy (non-hydrogen) atoms. The first-order valence-corrected chi connectivity index (χ1v) is 5.76. The molecule has 0 radical (unpaired) electrons. The van der Waals surface area contributed by atoms with Crippen LogP contribution in [-0.4, -0.2) is 55.5 Å². The second-order valence-electron chi connectivity index (χ2n) is 3.41. The van der Waals surface area contributed by atoms with Gasteiger partial charge in [0.25, 0.3) is 0 Å². The number of nitrogens with zero attached hydrogens (tertiary/aromatic N) is 1. The first kappa shape index (κ1) is 14.0. The maximum absolute atomic E-state index is 11.3. The fourth-order valence-electron chi connectivity index (χ4n) is 1.20. The number of carbonyl (C=O) groups is 1. The summed E-state index contributed by atoms with van der Waals surface area (Å²) in [5.74, 6) is 0.852. The summed E-state index contributed by atoms with van der Waals surface area (Å²) in [5.41, 5.74) is 0. The number of alkyl halides is 2. The van der Waals surface area contributed by atoms with E-state index in [1.165, 1.54) is 0 Å². The predicted octanol–water partition coefficient (Wildman–Crippen LogP) is 1.47. The van der Waals surface area contributed by atoms with E-state index in [9.17, 15) is 4.79 Å². The lowest BCUT2D eigenvalue weighted by atomic mass is 10.4. The zero-order valence-electron chi connectivity index (χ0n) is 8.76. The minimum Gasteiger partial charge on any atom is -0.462 e. The number of quaternary nitrogens is 1. The fourth-order valence-corrected chi connectivity index (χ4v) is 2.01. The highest BCUT2D eigenvalue weighted by atomic mass is 35.5. The van der Waals surface area contributed by atoms with Crippen molar-refractivity contribution in [1.82, 2.24) is 0 Å². The normalized spacial score (nSPS) is 11.4. The van der Waals surface area contributed by atoms with Crippen LogP contribution in [0.3, 0.4) is 0 Å². The largest absolute Gasteiger partial charge is 0.462 e. The zero-order valence-corrected chi connectivity index (χ0v) is 10.3. The van der Waals surface area contributed by atoms with Crippen LogP contribution in [0.2, 0.25) is 0 Å². The van der Waals surface area contributed by atoms with Crippen LogP contribution in [-0.2, 0) is 9.53 Å². The number of hydrogen-bond acceptors (Lipinski definition) is 2. The Hall–Kier alpha value is 0.01000. The van der Waals surface area contributed by atoms with E-state index >= 15 is 0 Å². The summed E-state index contributed by atoms with van der Waals surface area (Å²) < 4.78 is 5.44. The molecular weight excluding hydrogens is 225 g/mol. The molecule has 0 saturated carbocycles. The van der Waals surface area contributed by atoms with Crippen molar-refractivity contribution >= 4 is 29.2 Å². The molecule has 0 unspecified atom stereocenters. The van der Waals surface area contributed by atoms with Crippen LogP contribution in [0.4, 0.5) is 0 Å². The molecule has 0 atom stereocenters. The predicted molar refractivity (Wildman–Crippen MR) is 58.9 cm³/mol. The van der Waals surface area contributed by atoms with Crippen LogP contribution in [0, 0.1) is 0 Å². The van der Waals surface area contributed by atoms with Crippen molar-refractivity contribution in [3.8, 4) is 0 Å². The number of likely N-dealkylation sites (N-methyl/N-ethyl adjacent to an activating group) is 1. The molecule has 0 aromatic rings. The first-order chi connectivity index (χ1) is 6.58. The Kier molecular flexibility index (Phi) is 7.33. The van der Waals surface area contributed by atoms with Gasteiger partial charge in [0.05, 0.1) is 38.5 Å². The second-order valence-corrected chi connectivity index (χ2v) is 4.16. The highest BCUT2D eigenvalue weighted by molar-refractivity contribution is 6.18. The van der Waals surface area contributed by atoms with Crippen LogP contribution in [0.5, 0.6) is 0 Å². The Labute approximate surface area is 95.5 Å². The lowest BCUT2D eigenvalue weighted by molar-refractivity contribution is -0.897. The number of rotatable bonds is 7. The summed E-state index contributed by atoms with van der Waals surface area (Å²) in [6.45, 7) is 4.01. The number of halogens is 2. The van der Waals surface area contributed by atoms with Gasteiger partial charge in [-0.05, 0) is 6.92 Å². The standard InChI is InChI=1S/C9H18Cl2NO2/c1-3-14-9(13)8-12(2,6-4-10)7-5-11/h3-8H2,1-2H3/q+1. The molecule has 0 aliphatic rings. The molecule has 0 aliphatic carbocycles. The van der Waals surface area contributed by atoms with E-state index in [0.717, 1.165) is 13.1 Å². The van der Waals surface area contributed by atoms with Crippen LogP contribution in [0.1, 0.15) is 6.92 Å². The zero-order chi connectivity index (χ0) is 11.0. The topological polar surface area (TPSA) is 26.3 Å². The molecule has 0 heterocycles. The smallest absolute Gasteiger partial charge is 0.361 e. The average Bonchev–Trinajstić information content (AvgIpc) is 2.04. The Bertz CT molecular complexity index is 170. The maximum atomic E-state index is 11.3.